The summed E-state index contributed by atoms with van der Waals surface area (Å²) in [5, 5.41) is 7.73. The number of halogens is 2. The minimum absolute atomic E-state index is 0.0706. The Morgan fingerprint density at radius 3 is 2.71 bits per heavy atom. The van der Waals surface area contributed by atoms with Crippen LogP contribution >= 0.6 is 23.2 Å². The van der Waals surface area contributed by atoms with E-state index in [9.17, 15) is 0 Å². The van der Waals surface area contributed by atoms with Crippen molar-refractivity contribution in [2.45, 2.75) is 6.92 Å². The van der Waals surface area contributed by atoms with Gasteiger partial charge in [-0.1, -0.05) is 17.7 Å². The lowest BCUT2D eigenvalue weighted by atomic mass is 10.2. The molecule has 0 amide bonds. The molecule has 0 aliphatic heterocycles. The van der Waals surface area contributed by atoms with Crippen molar-refractivity contribution in [1.29, 1.82) is 0 Å². The number of nitrogens with zero attached hydrogens (tertiary/aromatic N) is 5. The molecule has 0 radical (unpaired) electrons. The minimum Gasteiger partial charge on any atom is -0.323 e. The number of hydrogen-bond donors (Lipinski definition) is 1. The summed E-state index contributed by atoms with van der Waals surface area (Å²) in [5.41, 5.74) is 1.76. The van der Waals surface area contributed by atoms with E-state index in [-0.39, 0.29) is 5.28 Å². The first kappa shape index (κ1) is 13.8. The van der Waals surface area contributed by atoms with Crippen LogP contribution in [0, 0.1) is 6.92 Å². The summed E-state index contributed by atoms with van der Waals surface area (Å²) >= 11 is 12.1. The highest BCUT2D eigenvalue weighted by atomic mass is 35.5. The van der Waals surface area contributed by atoms with Crippen molar-refractivity contribution in [2.75, 3.05) is 5.32 Å². The standard InChI is InChI=1S/C13H10Cl2N6/c1-8-3-4-10(9(14)7-8)17-12-18-11(15)19-13(20-12)21-6-2-5-16-21/h2-7H,1H3,(H,17,18,19,20). The van der Waals surface area contributed by atoms with Crippen molar-refractivity contribution in [3.8, 4) is 5.95 Å². The molecular weight excluding hydrogens is 311 g/mol. The van der Waals surface area contributed by atoms with E-state index in [0.717, 1.165) is 5.56 Å². The number of hydrogen-bond acceptors (Lipinski definition) is 5. The molecule has 0 bridgehead atoms. The molecule has 0 aliphatic rings. The third kappa shape index (κ3) is 3.12. The first-order chi connectivity index (χ1) is 10.1. The van der Waals surface area contributed by atoms with Gasteiger partial charge in [0.15, 0.2) is 0 Å². The van der Waals surface area contributed by atoms with Crippen molar-refractivity contribution in [3.05, 3.63) is 52.5 Å². The second-order valence-corrected chi connectivity index (χ2v) is 5.03. The van der Waals surface area contributed by atoms with Gasteiger partial charge >= 0.3 is 0 Å². The molecule has 8 heteroatoms. The highest BCUT2D eigenvalue weighted by Gasteiger charge is 2.09. The first-order valence-electron chi connectivity index (χ1n) is 6.06. The summed E-state index contributed by atoms with van der Waals surface area (Å²) in [4.78, 5) is 12.3. The Morgan fingerprint density at radius 1 is 1.14 bits per heavy atom. The summed E-state index contributed by atoms with van der Waals surface area (Å²) < 4.78 is 1.50. The van der Waals surface area contributed by atoms with Crippen LogP contribution in [0.5, 0.6) is 0 Å². The zero-order valence-corrected chi connectivity index (χ0v) is 12.5. The Balaban J connectivity index is 1.95. The zero-order chi connectivity index (χ0) is 14.8. The highest BCUT2D eigenvalue weighted by Crippen LogP contribution is 2.25. The van der Waals surface area contributed by atoms with E-state index in [2.05, 4.69) is 25.4 Å². The maximum Gasteiger partial charge on any atom is 0.256 e. The highest BCUT2D eigenvalue weighted by molar-refractivity contribution is 6.33. The number of rotatable bonds is 3. The lowest BCUT2D eigenvalue weighted by molar-refractivity contribution is 0.798. The maximum atomic E-state index is 6.17. The molecule has 21 heavy (non-hydrogen) atoms. The molecule has 1 N–H and O–H groups in total. The van der Waals surface area contributed by atoms with Crippen molar-refractivity contribution in [2.24, 2.45) is 0 Å². The van der Waals surface area contributed by atoms with Gasteiger partial charge in [0.05, 0.1) is 10.7 Å². The molecule has 3 rings (SSSR count). The lowest BCUT2D eigenvalue weighted by Crippen LogP contribution is -2.07. The summed E-state index contributed by atoms with van der Waals surface area (Å²) in [6.45, 7) is 1.96. The van der Waals surface area contributed by atoms with Gasteiger partial charge in [-0.2, -0.15) is 20.1 Å². The fraction of sp³-hybridized carbons (Fsp3) is 0.0769. The monoisotopic (exact) mass is 320 g/mol. The Bertz CT molecular complexity index is 772. The van der Waals surface area contributed by atoms with E-state index in [1.54, 1.807) is 18.5 Å². The molecule has 0 saturated carbocycles. The van der Waals surface area contributed by atoms with Crippen LogP contribution in [0.3, 0.4) is 0 Å². The fourth-order valence-corrected chi connectivity index (χ4v) is 2.17. The molecule has 0 fully saturated rings. The molecule has 0 atom stereocenters. The largest absolute Gasteiger partial charge is 0.323 e. The number of benzene rings is 1. The van der Waals surface area contributed by atoms with Gasteiger partial charge in [-0.3, -0.25) is 0 Å². The van der Waals surface area contributed by atoms with Crippen LogP contribution in [0.1, 0.15) is 5.56 Å². The smallest absolute Gasteiger partial charge is 0.256 e. The Labute approximate surface area is 130 Å². The number of aromatic nitrogens is 5. The quantitative estimate of drug-likeness (QED) is 0.800. The van der Waals surface area contributed by atoms with Crippen molar-refractivity contribution >= 4 is 34.8 Å². The van der Waals surface area contributed by atoms with Crippen LogP contribution in [0.2, 0.25) is 10.3 Å². The normalized spacial score (nSPS) is 10.6. The van der Waals surface area contributed by atoms with Crippen LogP contribution in [0.4, 0.5) is 11.6 Å². The maximum absolute atomic E-state index is 6.17. The van der Waals surface area contributed by atoms with E-state index in [0.29, 0.717) is 22.6 Å². The van der Waals surface area contributed by atoms with Gasteiger partial charge in [0.25, 0.3) is 5.95 Å². The Morgan fingerprint density at radius 2 is 2.00 bits per heavy atom. The number of nitrogens with one attached hydrogen (secondary N) is 1. The molecule has 0 spiro atoms. The topological polar surface area (TPSA) is 68.5 Å². The summed E-state index contributed by atoms with van der Waals surface area (Å²) in [7, 11) is 0. The third-order valence-corrected chi connectivity index (χ3v) is 3.16. The van der Waals surface area contributed by atoms with Crippen molar-refractivity contribution in [3.63, 3.8) is 0 Å². The molecule has 106 valence electrons. The average Bonchev–Trinajstić information content (AvgIpc) is 2.95. The van der Waals surface area contributed by atoms with Crippen LogP contribution in [-0.2, 0) is 0 Å². The minimum atomic E-state index is 0.0706. The van der Waals surface area contributed by atoms with Gasteiger partial charge in [-0.25, -0.2) is 4.68 Å². The van der Waals surface area contributed by atoms with E-state index in [4.69, 9.17) is 23.2 Å². The van der Waals surface area contributed by atoms with Crippen LogP contribution in [-0.4, -0.2) is 24.7 Å². The molecule has 0 saturated heterocycles. The molecule has 2 heterocycles. The molecule has 1 aromatic carbocycles. The molecule has 2 aromatic heterocycles. The zero-order valence-electron chi connectivity index (χ0n) is 11.0. The fourth-order valence-electron chi connectivity index (χ4n) is 1.73. The van der Waals surface area contributed by atoms with E-state index >= 15 is 0 Å². The Kier molecular flexibility index (Phi) is 3.72. The van der Waals surface area contributed by atoms with Gasteiger partial charge in [0.1, 0.15) is 0 Å². The van der Waals surface area contributed by atoms with Crippen LogP contribution < -0.4 is 5.32 Å². The second-order valence-electron chi connectivity index (χ2n) is 4.29. The van der Waals surface area contributed by atoms with Gasteiger partial charge in [-0.05, 0) is 42.3 Å². The van der Waals surface area contributed by atoms with Crippen molar-refractivity contribution in [1.82, 2.24) is 24.7 Å². The SMILES string of the molecule is Cc1ccc(Nc2nc(Cl)nc(-n3cccn3)n2)c(Cl)c1. The average molecular weight is 321 g/mol. The molecule has 6 nitrogen and oxygen atoms in total. The summed E-state index contributed by atoms with van der Waals surface area (Å²) in [5.74, 6) is 0.622. The van der Waals surface area contributed by atoms with Crippen LogP contribution in [0.25, 0.3) is 5.95 Å². The first-order valence-corrected chi connectivity index (χ1v) is 6.82. The molecule has 0 aliphatic carbocycles. The van der Waals surface area contributed by atoms with Gasteiger partial charge in [0, 0.05) is 12.4 Å². The van der Waals surface area contributed by atoms with E-state index in [1.807, 2.05) is 25.1 Å². The lowest BCUT2D eigenvalue weighted by Gasteiger charge is -2.08. The van der Waals surface area contributed by atoms with Gasteiger partial charge < -0.3 is 5.32 Å². The third-order valence-electron chi connectivity index (χ3n) is 2.68. The van der Waals surface area contributed by atoms with E-state index < -0.39 is 0 Å². The molecule has 0 unspecified atom stereocenters. The van der Waals surface area contributed by atoms with Gasteiger partial charge in [-0.15, -0.1) is 0 Å². The van der Waals surface area contributed by atoms with Crippen molar-refractivity contribution < 1.29 is 0 Å². The van der Waals surface area contributed by atoms with Crippen LogP contribution in [0.15, 0.2) is 36.7 Å². The predicted octanol–water partition coefficient (Wildman–Crippen LogP) is 3.42. The predicted molar refractivity (Wildman–Crippen MR) is 81.4 cm³/mol. The second kappa shape index (κ2) is 5.67. The summed E-state index contributed by atoms with van der Waals surface area (Å²) in [6, 6.07) is 7.40. The Hall–Kier alpha value is -2.18. The molecule has 3 aromatic rings. The number of anilines is 2. The number of aryl methyl sites for hydroxylation is 1. The van der Waals surface area contributed by atoms with E-state index in [1.165, 1.54) is 4.68 Å². The molecular formula is C13H10Cl2N6. The van der Waals surface area contributed by atoms with Gasteiger partial charge in [0.2, 0.25) is 11.2 Å². The summed E-state index contributed by atoms with van der Waals surface area (Å²) in [6.07, 6.45) is 3.34.